The third kappa shape index (κ3) is 2.29. The number of nitrogens with one attached hydrogen (secondary N) is 1. The third-order valence-electron chi connectivity index (χ3n) is 3.84. The van der Waals surface area contributed by atoms with Crippen LogP contribution < -0.4 is 10.1 Å². The Kier molecular flexibility index (Phi) is 3.63. The second kappa shape index (κ2) is 5.44. The van der Waals surface area contributed by atoms with Gasteiger partial charge in [0.15, 0.2) is 11.6 Å². The largest absolute Gasteiger partial charge is 0.496 e. The number of halogens is 1. The summed E-state index contributed by atoms with van der Waals surface area (Å²) in [6, 6.07) is 4.92. The predicted molar refractivity (Wildman–Crippen MR) is 77.5 cm³/mol. The van der Waals surface area contributed by atoms with E-state index in [2.05, 4.69) is 29.4 Å². The van der Waals surface area contributed by atoms with Crippen LogP contribution in [0.1, 0.15) is 25.7 Å². The molecule has 0 radical (unpaired) electrons. The Morgan fingerprint density at radius 2 is 2.19 bits per heavy atom. The Morgan fingerprint density at radius 1 is 1.38 bits per heavy atom. The van der Waals surface area contributed by atoms with E-state index in [4.69, 9.17) is 4.74 Å². The summed E-state index contributed by atoms with van der Waals surface area (Å²) in [4.78, 5) is 0. The quantitative estimate of drug-likeness (QED) is 0.943. The van der Waals surface area contributed by atoms with E-state index in [1.807, 2.05) is 4.57 Å². The van der Waals surface area contributed by atoms with E-state index < -0.39 is 0 Å². The zero-order valence-corrected chi connectivity index (χ0v) is 12.4. The van der Waals surface area contributed by atoms with Gasteiger partial charge in [0, 0.05) is 13.1 Å². The van der Waals surface area contributed by atoms with Gasteiger partial charge in [-0.1, -0.05) is 19.9 Å². The van der Waals surface area contributed by atoms with E-state index in [0.717, 1.165) is 18.9 Å². The van der Waals surface area contributed by atoms with Gasteiger partial charge in [-0.3, -0.25) is 0 Å². The first-order valence-electron chi connectivity index (χ1n) is 7.12. The third-order valence-corrected chi connectivity index (χ3v) is 3.84. The van der Waals surface area contributed by atoms with Crippen LogP contribution in [0.2, 0.25) is 0 Å². The number of aromatic nitrogens is 3. The molecular weight excluding hydrogens is 271 g/mol. The normalized spacial score (nSPS) is 17.9. The highest BCUT2D eigenvalue weighted by molar-refractivity contribution is 5.65. The lowest BCUT2D eigenvalue weighted by molar-refractivity contribution is 0.338. The number of nitrogens with zero attached hydrogens (tertiary/aromatic N) is 3. The van der Waals surface area contributed by atoms with Crippen molar-refractivity contribution in [3.8, 4) is 17.1 Å². The number of ether oxygens (including phenoxy) is 1. The fourth-order valence-corrected chi connectivity index (χ4v) is 2.80. The summed E-state index contributed by atoms with van der Waals surface area (Å²) in [5, 5.41) is 11.9. The Labute approximate surface area is 123 Å². The molecule has 1 N–H and O–H groups in total. The van der Waals surface area contributed by atoms with E-state index in [-0.39, 0.29) is 11.9 Å². The maximum absolute atomic E-state index is 14.2. The summed E-state index contributed by atoms with van der Waals surface area (Å²) in [6.07, 6.45) is 0. The second-order valence-corrected chi connectivity index (χ2v) is 5.53. The Morgan fingerprint density at radius 3 is 2.90 bits per heavy atom. The van der Waals surface area contributed by atoms with Crippen molar-refractivity contribution in [2.45, 2.75) is 26.4 Å². The van der Waals surface area contributed by atoms with E-state index in [9.17, 15) is 4.39 Å². The summed E-state index contributed by atoms with van der Waals surface area (Å²) in [5.74, 6) is 1.92. The summed E-state index contributed by atoms with van der Waals surface area (Å²) >= 11 is 0. The van der Waals surface area contributed by atoms with Crippen LogP contribution in [0.4, 0.5) is 4.39 Å². The second-order valence-electron chi connectivity index (χ2n) is 5.53. The maximum atomic E-state index is 14.2. The molecule has 2 aromatic rings. The molecular formula is C15H19FN4O. The molecule has 5 nitrogen and oxygen atoms in total. The van der Waals surface area contributed by atoms with Crippen LogP contribution >= 0.6 is 0 Å². The highest BCUT2D eigenvalue weighted by Crippen LogP contribution is 2.34. The van der Waals surface area contributed by atoms with Crippen molar-refractivity contribution in [2.24, 2.45) is 5.92 Å². The lowest BCUT2D eigenvalue weighted by Gasteiger charge is -2.27. The molecule has 0 spiro atoms. The smallest absolute Gasteiger partial charge is 0.170 e. The molecule has 1 aliphatic rings. The first kappa shape index (κ1) is 14.0. The molecule has 0 bridgehead atoms. The number of benzene rings is 1. The highest BCUT2D eigenvalue weighted by atomic mass is 19.1. The van der Waals surface area contributed by atoms with Crippen molar-refractivity contribution >= 4 is 0 Å². The fourth-order valence-electron chi connectivity index (χ4n) is 2.80. The molecule has 1 aromatic heterocycles. The molecule has 1 aliphatic heterocycles. The van der Waals surface area contributed by atoms with Crippen molar-refractivity contribution in [1.29, 1.82) is 0 Å². The van der Waals surface area contributed by atoms with Gasteiger partial charge < -0.3 is 14.6 Å². The van der Waals surface area contributed by atoms with Crippen LogP contribution in [0.5, 0.6) is 5.75 Å². The molecule has 1 aromatic carbocycles. The summed E-state index contributed by atoms with van der Waals surface area (Å²) in [7, 11) is 1.53. The number of hydrogen-bond acceptors (Lipinski definition) is 4. The fraction of sp³-hybridized carbons (Fsp3) is 0.467. The predicted octanol–water partition coefficient (Wildman–Crippen LogP) is 2.39. The van der Waals surface area contributed by atoms with E-state index in [1.54, 1.807) is 12.1 Å². The average molecular weight is 290 g/mol. The molecule has 2 heterocycles. The van der Waals surface area contributed by atoms with E-state index >= 15 is 0 Å². The molecule has 0 fully saturated rings. The molecule has 0 aliphatic carbocycles. The zero-order chi connectivity index (χ0) is 15.0. The van der Waals surface area contributed by atoms with Crippen molar-refractivity contribution in [3.05, 3.63) is 29.8 Å². The summed E-state index contributed by atoms with van der Waals surface area (Å²) < 4.78 is 21.5. The van der Waals surface area contributed by atoms with Gasteiger partial charge >= 0.3 is 0 Å². The highest BCUT2D eigenvalue weighted by Gasteiger charge is 2.29. The lowest BCUT2D eigenvalue weighted by Crippen LogP contribution is -2.36. The zero-order valence-electron chi connectivity index (χ0n) is 12.4. The molecule has 1 atom stereocenters. The van der Waals surface area contributed by atoms with Crippen LogP contribution in [0.15, 0.2) is 18.2 Å². The summed E-state index contributed by atoms with van der Waals surface area (Å²) in [6.45, 7) is 5.80. The number of methoxy groups -OCH3 is 1. The van der Waals surface area contributed by atoms with E-state index in [1.165, 1.54) is 13.2 Å². The topological polar surface area (TPSA) is 52.0 Å². The minimum atomic E-state index is -0.343. The SMILES string of the molecule is COc1cccc(F)c1-c1nnc2n1CCNC2C(C)C. The van der Waals surface area contributed by atoms with Crippen molar-refractivity contribution < 1.29 is 9.13 Å². The minimum Gasteiger partial charge on any atom is -0.496 e. The number of rotatable bonds is 3. The van der Waals surface area contributed by atoms with Crippen LogP contribution in [0.25, 0.3) is 11.4 Å². The molecule has 6 heteroatoms. The molecule has 0 saturated heterocycles. The van der Waals surface area contributed by atoms with Crippen molar-refractivity contribution in [2.75, 3.05) is 13.7 Å². The molecule has 0 saturated carbocycles. The molecule has 0 amide bonds. The van der Waals surface area contributed by atoms with Gasteiger partial charge in [0.1, 0.15) is 11.6 Å². The van der Waals surface area contributed by atoms with E-state index in [0.29, 0.717) is 23.1 Å². The van der Waals surface area contributed by atoms with Gasteiger partial charge in [0.2, 0.25) is 0 Å². The van der Waals surface area contributed by atoms with Gasteiger partial charge in [-0.15, -0.1) is 10.2 Å². The van der Waals surface area contributed by atoms with Crippen LogP contribution in [-0.2, 0) is 6.54 Å². The molecule has 3 rings (SSSR count). The van der Waals surface area contributed by atoms with Crippen LogP contribution in [0.3, 0.4) is 0 Å². The van der Waals surface area contributed by atoms with Crippen LogP contribution in [-0.4, -0.2) is 28.4 Å². The van der Waals surface area contributed by atoms with Crippen molar-refractivity contribution in [3.63, 3.8) is 0 Å². The molecule has 21 heavy (non-hydrogen) atoms. The Hall–Kier alpha value is -1.95. The first-order valence-corrected chi connectivity index (χ1v) is 7.12. The maximum Gasteiger partial charge on any atom is 0.170 e. The summed E-state index contributed by atoms with van der Waals surface area (Å²) in [5.41, 5.74) is 0.378. The van der Waals surface area contributed by atoms with Crippen LogP contribution in [0, 0.1) is 11.7 Å². The van der Waals surface area contributed by atoms with Gasteiger partial charge in [0.25, 0.3) is 0 Å². The Balaban J connectivity index is 2.14. The number of hydrogen-bond donors (Lipinski definition) is 1. The van der Waals surface area contributed by atoms with Crippen molar-refractivity contribution in [1.82, 2.24) is 20.1 Å². The van der Waals surface area contributed by atoms with Gasteiger partial charge in [-0.25, -0.2) is 4.39 Å². The monoisotopic (exact) mass is 290 g/mol. The molecule has 112 valence electrons. The molecule has 1 unspecified atom stereocenters. The standard InChI is InChI=1S/C15H19FN4O/c1-9(2)13-15-19-18-14(20(15)8-7-17-13)12-10(16)5-4-6-11(12)21-3/h4-6,9,13,17H,7-8H2,1-3H3. The average Bonchev–Trinajstić information content (AvgIpc) is 2.90. The van der Waals surface area contributed by atoms with Gasteiger partial charge in [0.05, 0.1) is 18.7 Å². The Bertz CT molecular complexity index is 653. The van der Waals surface area contributed by atoms with Gasteiger partial charge in [-0.2, -0.15) is 0 Å². The van der Waals surface area contributed by atoms with Gasteiger partial charge in [-0.05, 0) is 18.1 Å². The first-order chi connectivity index (χ1) is 10.1. The number of fused-ring (bicyclic) bond motifs is 1. The lowest BCUT2D eigenvalue weighted by atomic mass is 10.0. The minimum absolute atomic E-state index is 0.137.